The molecule has 6 rings (SSSR count). The maximum absolute atomic E-state index is 15.3. The second-order valence-electron chi connectivity index (χ2n) is 9.19. The predicted octanol–water partition coefficient (Wildman–Crippen LogP) is 5.70. The summed E-state index contributed by atoms with van der Waals surface area (Å²) < 4.78 is 34.8. The van der Waals surface area contributed by atoms with Crippen LogP contribution in [0.2, 0.25) is 0 Å². The summed E-state index contributed by atoms with van der Waals surface area (Å²) in [4.78, 5) is 4.84. The molecule has 2 bridgehead atoms. The molecule has 3 fully saturated rings. The third kappa shape index (κ3) is 3.99. The highest BCUT2D eigenvalue weighted by Gasteiger charge is 2.49. The van der Waals surface area contributed by atoms with Gasteiger partial charge in [0.25, 0.3) is 0 Å². The first-order valence-corrected chi connectivity index (χ1v) is 11.7. The molecule has 3 saturated heterocycles. The van der Waals surface area contributed by atoms with Crippen LogP contribution < -0.4 is 9.64 Å². The minimum atomic E-state index is -0.545. The molecule has 3 nitrogen and oxygen atoms in total. The van der Waals surface area contributed by atoms with Crippen LogP contribution in [0.1, 0.15) is 29.9 Å². The Morgan fingerprint density at radius 1 is 0.939 bits per heavy atom. The summed E-state index contributed by atoms with van der Waals surface area (Å²) >= 11 is 0. The van der Waals surface area contributed by atoms with Gasteiger partial charge in [0, 0.05) is 31.1 Å². The number of hydrogen-bond donors (Lipinski definition) is 0. The van der Waals surface area contributed by atoms with Crippen molar-refractivity contribution in [3.05, 3.63) is 95.6 Å². The van der Waals surface area contributed by atoms with Crippen LogP contribution in [-0.2, 0) is 0 Å². The van der Waals surface area contributed by atoms with Gasteiger partial charge in [-0.15, -0.1) is 0 Å². The number of likely N-dealkylation sites (N-methyl/N-ethyl adjacent to an activating group) is 1. The molecule has 0 saturated carbocycles. The van der Waals surface area contributed by atoms with Gasteiger partial charge >= 0.3 is 0 Å². The second-order valence-corrected chi connectivity index (χ2v) is 9.19. The van der Waals surface area contributed by atoms with Crippen LogP contribution in [0.4, 0.5) is 14.5 Å². The largest absolute Gasteiger partial charge is 0.495 e. The molecule has 3 heterocycles. The number of piperidine rings is 3. The molecule has 3 aliphatic heterocycles. The molecule has 3 aromatic rings. The number of ether oxygens (including phenoxy) is 1. The van der Waals surface area contributed by atoms with Crippen LogP contribution in [0.15, 0.2) is 72.8 Å². The Kier molecular flexibility index (Phi) is 6.07. The summed E-state index contributed by atoms with van der Waals surface area (Å²) in [6.45, 7) is 2.00. The summed E-state index contributed by atoms with van der Waals surface area (Å²) in [6.07, 6.45) is 2.24. The van der Waals surface area contributed by atoms with Gasteiger partial charge in [0.2, 0.25) is 0 Å². The van der Waals surface area contributed by atoms with E-state index in [1.165, 1.54) is 6.07 Å². The van der Waals surface area contributed by atoms with Crippen molar-refractivity contribution < 1.29 is 13.5 Å². The highest BCUT2D eigenvalue weighted by atomic mass is 19.1. The zero-order valence-electron chi connectivity index (χ0n) is 19.1. The molecule has 33 heavy (non-hydrogen) atoms. The van der Waals surface area contributed by atoms with E-state index in [9.17, 15) is 4.39 Å². The van der Waals surface area contributed by atoms with E-state index in [1.807, 2.05) is 36.4 Å². The Bertz CT molecular complexity index is 1100. The number of nitrogens with zero attached hydrogens (tertiary/aromatic N) is 2. The highest BCUT2D eigenvalue weighted by molar-refractivity contribution is 5.59. The number of halogens is 2. The summed E-state index contributed by atoms with van der Waals surface area (Å²) in [6, 6.07) is 22.4. The van der Waals surface area contributed by atoms with Crippen molar-refractivity contribution in [1.82, 2.24) is 4.90 Å². The van der Waals surface area contributed by atoms with Crippen LogP contribution in [0.25, 0.3) is 0 Å². The lowest BCUT2D eigenvalue weighted by Crippen LogP contribution is -2.65. The van der Waals surface area contributed by atoms with Crippen LogP contribution in [0, 0.1) is 17.6 Å². The molecule has 0 N–H and O–H groups in total. The average Bonchev–Trinajstić information content (AvgIpc) is 2.86. The monoisotopic (exact) mass is 448 g/mol. The second kappa shape index (κ2) is 9.14. The van der Waals surface area contributed by atoms with Gasteiger partial charge < -0.3 is 9.64 Å². The molecule has 172 valence electrons. The lowest BCUT2D eigenvalue weighted by Gasteiger charge is -2.56. The molecule has 0 spiro atoms. The fraction of sp³-hybridized carbons (Fsp3) is 0.357. The van der Waals surface area contributed by atoms with Gasteiger partial charge in [-0.1, -0.05) is 48.5 Å². The van der Waals surface area contributed by atoms with Gasteiger partial charge in [-0.3, -0.25) is 4.90 Å². The summed E-state index contributed by atoms with van der Waals surface area (Å²) in [5, 5.41) is 0. The Balaban J connectivity index is 1.65. The maximum atomic E-state index is 15.3. The van der Waals surface area contributed by atoms with Crippen LogP contribution in [-0.4, -0.2) is 44.2 Å². The van der Waals surface area contributed by atoms with Crippen molar-refractivity contribution >= 4 is 5.69 Å². The Morgan fingerprint density at radius 2 is 1.64 bits per heavy atom. The topological polar surface area (TPSA) is 15.7 Å². The van der Waals surface area contributed by atoms with Crippen molar-refractivity contribution in [2.75, 3.05) is 32.1 Å². The molecule has 5 heteroatoms. The smallest absolute Gasteiger partial charge is 0.142 e. The van der Waals surface area contributed by atoms with Crippen molar-refractivity contribution in [2.24, 2.45) is 5.92 Å². The normalized spacial score (nSPS) is 25.0. The van der Waals surface area contributed by atoms with E-state index in [0.29, 0.717) is 11.5 Å². The molecule has 0 aliphatic carbocycles. The number of benzene rings is 3. The van der Waals surface area contributed by atoms with Crippen molar-refractivity contribution in [2.45, 2.75) is 30.8 Å². The Hall–Kier alpha value is -2.92. The Morgan fingerprint density at radius 3 is 2.33 bits per heavy atom. The zero-order chi connectivity index (χ0) is 22.9. The SMILES string of the molecule is COc1ccccc1N(C)[C@@H]1C2CCN(CC2)[C@@H]1[C@H](c1ccccc1)c1ccc(F)cc1F. The number of para-hydroxylation sites is 2. The van der Waals surface area contributed by atoms with Crippen molar-refractivity contribution in [3.8, 4) is 5.75 Å². The molecule has 3 aromatic carbocycles. The molecule has 3 aliphatic rings. The average molecular weight is 449 g/mol. The number of hydrogen-bond acceptors (Lipinski definition) is 3. The molecular formula is C28H30F2N2O. The summed E-state index contributed by atoms with van der Waals surface area (Å²) in [5.41, 5.74) is 2.65. The van der Waals surface area contributed by atoms with Crippen LogP contribution in [0.5, 0.6) is 5.75 Å². The van der Waals surface area contributed by atoms with E-state index in [0.717, 1.165) is 49.0 Å². The zero-order valence-corrected chi connectivity index (χ0v) is 19.1. The van der Waals surface area contributed by atoms with E-state index in [4.69, 9.17) is 4.74 Å². The van der Waals surface area contributed by atoms with E-state index in [2.05, 4.69) is 35.0 Å². The predicted molar refractivity (Wildman–Crippen MR) is 128 cm³/mol. The minimum Gasteiger partial charge on any atom is -0.495 e. The number of anilines is 1. The van der Waals surface area contributed by atoms with E-state index >= 15 is 4.39 Å². The third-order valence-electron chi connectivity index (χ3n) is 7.54. The molecule has 0 amide bonds. The maximum Gasteiger partial charge on any atom is 0.142 e. The number of methoxy groups -OCH3 is 1. The highest BCUT2D eigenvalue weighted by Crippen LogP contribution is 2.46. The molecular weight excluding hydrogens is 418 g/mol. The first kappa shape index (κ1) is 21.9. The summed E-state index contributed by atoms with van der Waals surface area (Å²) in [7, 11) is 3.82. The molecule has 0 aromatic heterocycles. The van der Waals surface area contributed by atoms with Crippen LogP contribution >= 0.6 is 0 Å². The van der Waals surface area contributed by atoms with E-state index < -0.39 is 11.6 Å². The lowest BCUT2D eigenvalue weighted by atomic mass is 9.70. The van der Waals surface area contributed by atoms with Crippen molar-refractivity contribution in [1.29, 1.82) is 0 Å². The van der Waals surface area contributed by atoms with E-state index in [1.54, 1.807) is 13.2 Å². The van der Waals surface area contributed by atoms with Gasteiger partial charge in [-0.05, 0) is 61.2 Å². The Labute approximate surface area is 194 Å². The third-order valence-corrected chi connectivity index (χ3v) is 7.54. The minimum absolute atomic E-state index is 0.0507. The fourth-order valence-corrected chi connectivity index (χ4v) is 6.06. The fourth-order valence-electron chi connectivity index (χ4n) is 6.06. The van der Waals surface area contributed by atoms with Gasteiger partial charge in [-0.2, -0.15) is 0 Å². The standard InChI is InChI=1S/C28H30F2N2O/c1-31(24-10-6-7-11-25(24)33-2)27-20-14-16-32(17-15-20)28(27)26(19-8-4-3-5-9-19)22-13-12-21(29)18-23(22)30/h3-13,18,20,26-28H,14-17H2,1-2H3/t26-,27-,28-/m1/s1. The molecule has 0 unspecified atom stereocenters. The number of rotatable bonds is 6. The summed E-state index contributed by atoms with van der Waals surface area (Å²) in [5.74, 6) is 0.0857. The van der Waals surface area contributed by atoms with Gasteiger partial charge in [-0.25, -0.2) is 8.78 Å². The van der Waals surface area contributed by atoms with E-state index in [-0.39, 0.29) is 18.0 Å². The quantitative estimate of drug-likeness (QED) is 0.481. The van der Waals surface area contributed by atoms with Crippen LogP contribution in [0.3, 0.4) is 0 Å². The van der Waals surface area contributed by atoms with Gasteiger partial charge in [0.05, 0.1) is 12.8 Å². The molecule has 0 radical (unpaired) electrons. The first-order chi connectivity index (χ1) is 16.1. The van der Waals surface area contributed by atoms with Gasteiger partial charge in [0.1, 0.15) is 17.4 Å². The number of fused-ring (bicyclic) bond motifs is 3. The van der Waals surface area contributed by atoms with Gasteiger partial charge in [0.15, 0.2) is 0 Å². The van der Waals surface area contributed by atoms with Crippen molar-refractivity contribution in [3.63, 3.8) is 0 Å². The first-order valence-electron chi connectivity index (χ1n) is 11.7. The molecule has 3 atom stereocenters. The lowest BCUT2D eigenvalue weighted by molar-refractivity contribution is 0.0180.